The summed E-state index contributed by atoms with van der Waals surface area (Å²) in [6.07, 6.45) is 8.51. The van der Waals surface area contributed by atoms with E-state index in [9.17, 15) is 5.11 Å². The van der Waals surface area contributed by atoms with E-state index in [0.29, 0.717) is 0 Å². The summed E-state index contributed by atoms with van der Waals surface area (Å²) >= 11 is 0. The fourth-order valence-electron chi connectivity index (χ4n) is 2.10. The Kier molecular flexibility index (Phi) is 6.64. The lowest BCUT2D eigenvalue weighted by Crippen LogP contribution is -1.99. The average molecular weight is 232 g/mol. The predicted molar refractivity (Wildman–Crippen MR) is 74.9 cm³/mol. The number of hydrogen-bond acceptors (Lipinski definition) is 1. The molecule has 0 aliphatic heterocycles. The maximum atomic E-state index is 10.1. The van der Waals surface area contributed by atoms with Crippen LogP contribution >= 0.6 is 0 Å². The van der Waals surface area contributed by atoms with Gasteiger partial charge in [-0.15, -0.1) is 0 Å². The molecular weight excluding hydrogens is 208 g/mol. The van der Waals surface area contributed by atoms with E-state index in [0.717, 1.165) is 24.0 Å². The standard InChI is InChI=1S/C16H24O/c1-3-5-6-7-8-13-16(17)15-12-10-9-11-14(15)4-2/h4,9-12,16-17H,2-3,5-8,13H2,1H3. The van der Waals surface area contributed by atoms with Crippen molar-refractivity contribution >= 4 is 6.08 Å². The van der Waals surface area contributed by atoms with Crippen LogP contribution in [0.1, 0.15) is 62.7 Å². The zero-order chi connectivity index (χ0) is 12.5. The minimum atomic E-state index is -0.342. The van der Waals surface area contributed by atoms with Crippen LogP contribution in [0, 0.1) is 0 Å². The lowest BCUT2D eigenvalue weighted by Gasteiger charge is -2.13. The van der Waals surface area contributed by atoms with E-state index in [1.165, 1.54) is 25.7 Å². The van der Waals surface area contributed by atoms with E-state index in [4.69, 9.17) is 0 Å². The van der Waals surface area contributed by atoms with Crippen molar-refractivity contribution < 1.29 is 5.11 Å². The lowest BCUT2D eigenvalue weighted by molar-refractivity contribution is 0.163. The molecule has 0 aromatic heterocycles. The van der Waals surface area contributed by atoms with Gasteiger partial charge in [0.25, 0.3) is 0 Å². The summed E-state index contributed by atoms with van der Waals surface area (Å²) in [7, 11) is 0. The Bertz CT molecular complexity index is 330. The summed E-state index contributed by atoms with van der Waals surface area (Å²) in [6, 6.07) is 7.95. The van der Waals surface area contributed by atoms with E-state index in [1.54, 1.807) is 0 Å². The molecule has 1 aromatic rings. The number of aliphatic hydroxyl groups excluding tert-OH is 1. The molecule has 1 aromatic carbocycles. The molecule has 0 heterocycles. The summed E-state index contributed by atoms with van der Waals surface area (Å²) in [5.41, 5.74) is 2.06. The van der Waals surface area contributed by atoms with Gasteiger partial charge in [-0.1, -0.05) is 75.9 Å². The zero-order valence-electron chi connectivity index (χ0n) is 10.9. The third-order valence-corrected chi connectivity index (χ3v) is 3.16. The average Bonchev–Trinajstić information content (AvgIpc) is 2.38. The molecule has 94 valence electrons. The molecule has 0 saturated heterocycles. The van der Waals surface area contributed by atoms with Gasteiger partial charge >= 0.3 is 0 Å². The van der Waals surface area contributed by atoms with Crippen LogP contribution in [0.15, 0.2) is 30.8 Å². The highest BCUT2D eigenvalue weighted by Gasteiger charge is 2.09. The zero-order valence-corrected chi connectivity index (χ0v) is 10.9. The summed E-state index contributed by atoms with van der Waals surface area (Å²) in [4.78, 5) is 0. The molecule has 0 aliphatic rings. The lowest BCUT2D eigenvalue weighted by atomic mass is 9.98. The van der Waals surface area contributed by atoms with Crippen LogP contribution in [-0.4, -0.2) is 5.11 Å². The van der Waals surface area contributed by atoms with Gasteiger partial charge in [-0.3, -0.25) is 0 Å². The maximum absolute atomic E-state index is 10.1. The van der Waals surface area contributed by atoms with Crippen LogP contribution in [0.25, 0.3) is 6.08 Å². The fourth-order valence-corrected chi connectivity index (χ4v) is 2.10. The highest BCUT2D eigenvalue weighted by molar-refractivity contribution is 5.52. The molecule has 0 spiro atoms. The quantitative estimate of drug-likeness (QED) is 0.643. The monoisotopic (exact) mass is 232 g/mol. The molecule has 1 N–H and O–H groups in total. The topological polar surface area (TPSA) is 20.2 Å². The molecule has 0 bridgehead atoms. The van der Waals surface area contributed by atoms with Crippen molar-refractivity contribution in [3.8, 4) is 0 Å². The second-order valence-electron chi connectivity index (χ2n) is 4.55. The summed E-state index contributed by atoms with van der Waals surface area (Å²) in [5.74, 6) is 0. The van der Waals surface area contributed by atoms with Gasteiger partial charge < -0.3 is 5.11 Å². The van der Waals surface area contributed by atoms with Crippen molar-refractivity contribution in [2.24, 2.45) is 0 Å². The highest BCUT2D eigenvalue weighted by Crippen LogP contribution is 2.24. The molecule has 1 unspecified atom stereocenters. The minimum absolute atomic E-state index is 0.342. The van der Waals surface area contributed by atoms with Crippen molar-refractivity contribution in [2.75, 3.05) is 0 Å². The SMILES string of the molecule is C=Cc1ccccc1C(O)CCCCCCC. The smallest absolute Gasteiger partial charge is 0.0795 e. The first kappa shape index (κ1) is 14.0. The Morgan fingerprint density at radius 2 is 1.88 bits per heavy atom. The predicted octanol–water partition coefficient (Wildman–Crippen LogP) is 4.72. The second kappa shape index (κ2) is 8.08. The molecule has 1 atom stereocenters. The van der Waals surface area contributed by atoms with Gasteiger partial charge in [-0.05, 0) is 17.5 Å². The number of aliphatic hydroxyl groups is 1. The Labute approximate surface area is 105 Å². The number of hydrogen-bond donors (Lipinski definition) is 1. The Morgan fingerprint density at radius 3 is 2.59 bits per heavy atom. The molecule has 0 aliphatic carbocycles. The van der Waals surface area contributed by atoms with Crippen molar-refractivity contribution in [1.29, 1.82) is 0 Å². The molecular formula is C16H24O. The van der Waals surface area contributed by atoms with Crippen LogP contribution in [0.5, 0.6) is 0 Å². The van der Waals surface area contributed by atoms with E-state index < -0.39 is 0 Å². The number of benzene rings is 1. The molecule has 1 rings (SSSR count). The number of rotatable bonds is 8. The first-order valence-electron chi connectivity index (χ1n) is 6.69. The maximum Gasteiger partial charge on any atom is 0.0795 e. The largest absolute Gasteiger partial charge is 0.388 e. The van der Waals surface area contributed by atoms with Gasteiger partial charge in [-0.25, -0.2) is 0 Å². The van der Waals surface area contributed by atoms with Gasteiger partial charge in [0.15, 0.2) is 0 Å². The first-order valence-corrected chi connectivity index (χ1v) is 6.69. The highest BCUT2D eigenvalue weighted by atomic mass is 16.3. The van der Waals surface area contributed by atoms with Crippen LogP contribution in [0.2, 0.25) is 0 Å². The number of unbranched alkanes of at least 4 members (excludes halogenated alkanes) is 4. The molecule has 17 heavy (non-hydrogen) atoms. The Hall–Kier alpha value is -1.08. The van der Waals surface area contributed by atoms with Gasteiger partial charge in [-0.2, -0.15) is 0 Å². The van der Waals surface area contributed by atoms with Crippen LogP contribution in [0.4, 0.5) is 0 Å². The summed E-state index contributed by atoms with van der Waals surface area (Å²) in [5, 5.41) is 10.1. The molecule has 1 heteroatoms. The van der Waals surface area contributed by atoms with Gasteiger partial charge in [0.05, 0.1) is 6.10 Å². The van der Waals surface area contributed by atoms with E-state index in [-0.39, 0.29) is 6.10 Å². The van der Waals surface area contributed by atoms with Crippen molar-refractivity contribution in [3.63, 3.8) is 0 Å². The molecule has 0 fully saturated rings. The first-order chi connectivity index (χ1) is 8.29. The second-order valence-corrected chi connectivity index (χ2v) is 4.55. The molecule has 0 amide bonds. The van der Waals surface area contributed by atoms with E-state index in [2.05, 4.69) is 13.5 Å². The fraction of sp³-hybridized carbons (Fsp3) is 0.500. The third kappa shape index (κ3) is 4.74. The third-order valence-electron chi connectivity index (χ3n) is 3.16. The molecule has 1 nitrogen and oxygen atoms in total. The minimum Gasteiger partial charge on any atom is -0.388 e. The van der Waals surface area contributed by atoms with Crippen LogP contribution in [-0.2, 0) is 0 Å². The summed E-state index contributed by atoms with van der Waals surface area (Å²) in [6.45, 7) is 6.00. The molecule has 0 radical (unpaired) electrons. The van der Waals surface area contributed by atoms with Gasteiger partial charge in [0.1, 0.15) is 0 Å². The van der Waals surface area contributed by atoms with E-state index in [1.807, 2.05) is 30.3 Å². The van der Waals surface area contributed by atoms with E-state index >= 15 is 0 Å². The van der Waals surface area contributed by atoms with Crippen LogP contribution in [0.3, 0.4) is 0 Å². The van der Waals surface area contributed by atoms with Crippen LogP contribution < -0.4 is 0 Å². The van der Waals surface area contributed by atoms with Crippen molar-refractivity contribution in [3.05, 3.63) is 42.0 Å². The summed E-state index contributed by atoms with van der Waals surface area (Å²) < 4.78 is 0. The normalized spacial score (nSPS) is 12.4. The van der Waals surface area contributed by atoms with Gasteiger partial charge in [0, 0.05) is 0 Å². The van der Waals surface area contributed by atoms with Crippen molar-refractivity contribution in [1.82, 2.24) is 0 Å². The Balaban J connectivity index is 2.41. The Morgan fingerprint density at radius 1 is 1.18 bits per heavy atom. The van der Waals surface area contributed by atoms with Crippen molar-refractivity contribution in [2.45, 2.75) is 51.6 Å². The molecule has 0 saturated carbocycles. The van der Waals surface area contributed by atoms with Gasteiger partial charge in [0.2, 0.25) is 0 Å².